The van der Waals surface area contributed by atoms with E-state index in [0.717, 1.165) is 0 Å². The standard InChI is InChI=1S/C12H8FN3O/c13-9-4-1-3-8(7-9)11-14-15-12-10(17)5-2-6-16(11)12/h1-7,17H. The fourth-order valence-corrected chi connectivity index (χ4v) is 1.73. The van der Waals surface area contributed by atoms with Crippen molar-refractivity contribution in [2.45, 2.75) is 0 Å². The molecular weight excluding hydrogens is 221 g/mol. The Labute approximate surface area is 96.0 Å². The fraction of sp³-hybridized carbons (Fsp3) is 0. The number of hydrogen-bond donors (Lipinski definition) is 1. The summed E-state index contributed by atoms with van der Waals surface area (Å²) in [5.41, 5.74) is 0.967. The van der Waals surface area contributed by atoms with Gasteiger partial charge in [-0.15, -0.1) is 10.2 Å². The molecule has 0 unspecified atom stereocenters. The van der Waals surface area contributed by atoms with Crippen molar-refractivity contribution in [3.8, 4) is 17.1 Å². The van der Waals surface area contributed by atoms with E-state index in [2.05, 4.69) is 10.2 Å². The third-order valence-corrected chi connectivity index (χ3v) is 2.50. The Morgan fingerprint density at radius 3 is 2.82 bits per heavy atom. The normalized spacial score (nSPS) is 10.9. The molecule has 0 saturated heterocycles. The zero-order valence-electron chi connectivity index (χ0n) is 8.71. The highest BCUT2D eigenvalue weighted by Gasteiger charge is 2.10. The molecule has 84 valence electrons. The van der Waals surface area contributed by atoms with Crippen LogP contribution in [0.15, 0.2) is 42.6 Å². The molecule has 0 aliphatic rings. The van der Waals surface area contributed by atoms with Gasteiger partial charge in [0, 0.05) is 11.8 Å². The van der Waals surface area contributed by atoms with Crippen molar-refractivity contribution in [3.05, 3.63) is 48.4 Å². The van der Waals surface area contributed by atoms with Crippen molar-refractivity contribution in [3.63, 3.8) is 0 Å². The minimum Gasteiger partial charge on any atom is -0.504 e. The molecule has 4 nitrogen and oxygen atoms in total. The highest BCUT2D eigenvalue weighted by atomic mass is 19.1. The third-order valence-electron chi connectivity index (χ3n) is 2.50. The van der Waals surface area contributed by atoms with Gasteiger partial charge >= 0.3 is 0 Å². The van der Waals surface area contributed by atoms with E-state index in [-0.39, 0.29) is 11.6 Å². The lowest BCUT2D eigenvalue weighted by atomic mass is 10.2. The monoisotopic (exact) mass is 229 g/mol. The van der Waals surface area contributed by atoms with E-state index in [1.165, 1.54) is 18.2 Å². The lowest BCUT2D eigenvalue weighted by Gasteiger charge is -2.00. The molecule has 0 radical (unpaired) electrons. The summed E-state index contributed by atoms with van der Waals surface area (Å²) in [4.78, 5) is 0. The Bertz CT molecular complexity index is 693. The molecule has 5 heteroatoms. The number of fused-ring (bicyclic) bond motifs is 1. The molecule has 17 heavy (non-hydrogen) atoms. The first-order chi connectivity index (χ1) is 8.25. The van der Waals surface area contributed by atoms with Crippen LogP contribution in [-0.4, -0.2) is 19.7 Å². The molecule has 0 saturated carbocycles. The van der Waals surface area contributed by atoms with Gasteiger partial charge < -0.3 is 5.11 Å². The van der Waals surface area contributed by atoms with Crippen LogP contribution in [0.2, 0.25) is 0 Å². The van der Waals surface area contributed by atoms with Crippen molar-refractivity contribution in [2.75, 3.05) is 0 Å². The second-order valence-electron chi connectivity index (χ2n) is 3.62. The van der Waals surface area contributed by atoms with Gasteiger partial charge in [-0.2, -0.15) is 0 Å². The van der Waals surface area contributed by atoms with Gasteiger partial charge in [0.2, 0.25) is 5.65 Å². The molecule has 0 aliphatic carbocycles. The van der Waals surface area contributed by atoms with Crippen molar-refractivity contribution in [2.24, 2.45) is 0 Å². The average molecular weight is 229 g/mol. The van der Waals surface area contributed by atoms with Crippen LogP contribution in [0, 0.1) is 5.82 Å². The molecule has 1 N–H and O–H groups in total. The quantitative estimate of drug-likeness (QED) is 0.696. The van der Waals surface area contributed by atoms with Gasteiger partial charge in [-0.05, 0) is 24.3 Å². The second kappa shape index (κ2) is 3.55. The van der Waals surface area contributed by atoms with Gasteiger partial charge in [-0.1, -0.05) is 12.1 Å². The maximum absolute atomic E-state index is 13.1. The fourth-order valence-electron chi connectivity index (χ4n) is 1.73. The Kier molecular flexibility index (Phi) is 2.04. The summed E-state index contributed by atoms with van der Waals surface area (Å²) in [7, 11) is 0. The summed E-state index contributed by atoms with van der Waals surface area (Å²) >= 11 is 0. The Hall–Kier alpha value is -2.43. The first kappa shape index (κ1) is 9.77. The van der Waals surface area contributed by atoms with Gasteiger partial charge in [-0.25, -0.2) is 4.39 Å². The maximum atomic E-state index is 13.1. The summed E-state index contributed by atoms with van der Waals surface area (Å²) in [6.45, 7) is 0. The number of aromatic nitrogens is 3. The Balaban J connectivity index is 2.28. The van der Waals surface area contributed by atoms with Crippen molar-refractivity contribution in [1.82, 2.24) is 14.6 Å². The minimum atomic E-state index is -0.334. The second-order valence-corrected chi connectivity index (χ2v) is 3.62. The van der Waals surface area contributed by atoms with Gasteiger partial charge in [0.1, 0.15) is 5.82 Å². The van der Waals surface area contributed by atoms with E-state index in [0.29, 0.717) is 17.0 Å². The van der Waals surface area contributed by atoms with E-state index in [1.54, 1.807) is 28.8 Å². The largest absolute Gasteiger partial charge is 0.504 e. The molecule has 0 atom stereocenters. The number of pyridine rings is 1. The molecule has 3 rings (SSSR count). The average Bonchev–Trinajstić information content (AvgIpc) is 2.74. The number of hydrogen-bond acceptors (Lipinski definition) is 3. The van der Waals surface area contributed by atoms with Crippen LogP contribution < -0.4 is 0 Å². The van der Waals surface area contributed by atoms with Crippen molar-refractivity contribution < 1.29 is 9.50 Å². The number of rotatable bonds is 1. The third kappa shape index (κ3) is 1.52. The maximum Gasteiger partial charge on any atom is 0.203 e. The summed E-state index contributed by atoms with van der Waals surface area (Å²) < 4.78 is 14.7. The van der Waals surface area contributed by atoms with Crippen LogP contribution in [0.5, 0.6) is 5.75 Å². The van der Waals surface area contributed by atoms with Crippen LogP contribution in [0.1, 0.15) is 0 Å². The van der Waals surface area contributed by atoms with Crippen LogP contribution in [0.25, 0.3) is 17.0 Å². The number of aromatic hydroxyl groups is 1. The predicted octanol–water partition coefficient (Wildman–Crippen LogP) is 2.24. The highest BCUT2D eigenvalue weighted by molar-refractivity contribution is 5.62. The zero-order valence-corrected chi connectivity index (χ0v) is 8.71. The van der Waals surface area contributed by atoms with Gasteiger partial charge in [0.25, 0.3) is 0 Å². The Morgan fingerprint density at radius 1 is 1.12 bits per heavy atom. The van der Waals surface area contributed by atoms with E-state index >= 15 is 0 Å². The predicted molar refractivity (Wildman–Crippen MR) is 60.0 cm³/mol. The topological polar surface area (TPSA) is 50.4 Å². The van der Waals surface area contributed by atoms with Crippen LogP contribution in [0.3, 0.4) is 0 Å². The summed E-state index contributed by atoms with van der Waals surface area (Å²) in [6, 6.07) is 9.29. The number of halogens is 1. The minimum absolute atomic E-state index is 0.0441. The van der Waals surface area contributed by atoms with Crippen LogP contribution in [-0.2, 0) is 0 Å². The molecule has 0 spiro atoms. The van der Waals surface area contributed by atoms with Gasteiger partial charge in [0.15, 0.2) is 11.6 Å². The lowest BCUT2D eigenvalue weighted by molar-refractivity contribution is 0.477. The van der Waals surface area contributed by atoms with Gasteiger partial charge in [0.05, 0.1) is 0 Å². The molecule has 1 aromatic carbocycles. The number of nitrogens with zero attached hydrogens (tertiary/aromatic N) is 3. The highest BCUT2D eigenvalue weighted by Crippen LogP contribution is 2.22. The molecule has 2 heterocycles. The van der Waals surface area contributed by atoms with Crippen molar-refractivity contribution in [1.29, 1.82) is 0 Å². The number of benzene rings is 1. The first-order valence-electron chi connectivity index (χ1n) is 5.04. The van der Waals surface area contributed by atoms with E-state index in [9.17, 15) is 9.50 Å². The molecule has 0 aliphatic heterocycles. The lowest BCUT2D eigenvalue weighted by Crippen LogP contribution is -1.89. The molecule has 0 bridgehead atoms. The van der Waals surface area contributed by atoms with E-state index < -0.39 is 0 Å². The Morgan fingerprint density at radius 2 is 2.00 bits per heavy atom. The molecule has 3 aromatic rings. The SMILES string of the molecule is Oc1cccn2c(-c3cccc(F)c3)nnc12. The first-order valence-corrected chi connectivity index (χ1v) is 5.04. The summed E-state index contributed by atoms with van der Waals surface area (Å²) in [5, 5.41) is 17.4. The molecule has 0 amide bonds. The van der Waals surface area contributed by atoms with E-state index in [4.69, 9.17) is 0 Å². The van der Waals surface area contributed by atoms with Crippen LogP contribution >= 0.6 is 0 Å². The molecular formula is C12H8FN3O. The van der Waals surface area contributed by atoms with E-state index in [1.807, 2.05) is 0 Å². The smallest absolute Gasteiger partial charge is 0.203 e. The van der Waals surface area contributed by atoms with Gasteiger partial charge in [-0.3, -0.25) is 4.40 Å². The van der Waals surface area contributed by atoms with Crippen LogP contribution in [0.4, 0.5) is 4.39 Å². The summed E-state index contributed by atoms with van der Waals surface area (Å²) in [5.74, 6) is 0.206. The molecule has 2 aromatic heterocycles. The summed E-state index contributed by atoms with van der Waals surface area (Å²) in [6.07, 6.45) is 1.72. The molecule has 0 fully saturated rings. The van der Waals surface area contributed by atoms with Crippen molar-refractivity contribution >= 4 is 5.65 Å². The zero-order chi connectivity index (χ0) is 11.8.